The number of amides is 1. The quantitative estimate of drug-likeness (QED) is 0.400. The van der Waals surface area contributed by atoms with Crippen LogP contribution in [0.3, 0.4) is 0 Å². The Bertz CT molecular complexity index is 1210. The maximum absolute atomic E-state index is 12.6. The minimum Gasteiger partial charge on any atom is -0.488 e. The number of carbonyl (C=O) groups excluding carboxylic acids is 2. The van der Waals surface area contributed by atoms with Gasteiger partial charge in [0.2, 0.25) is 5.91 Å². The number of benzene rings is 3. The molecular weight excluding hydrogens is 404 g/mol. The summed E-state index contributed by atoms with van der Waals surface area (Å²) in [7, 11) is 0. The number of aromatic nitrogens is 1. The lowest BCUT2D eigenvalue weighted by Crippen LogP contribution is -2.18. The zero-order valence-corrected chi connectivity index (χ0v) is 17.8. The van der Waals surface area contributed by atoms with E-state index in [1.165, 1.54) is 0 Å². The first-order valence-electron chi connectivity index (χ1n) is 10.5. The monoisotopic (exact) mass is 428 g/mol. The van der Waals surface area contributed by atoms with Crippen LogP contribution in [0.1, 0.15) is 22.8 Å². The summed E-state index contributed by atoms with van der Waals surface area (Å²) >= 11 is 0. The summed E-state index contributed by atoms with van der Waals surface area (Å²) in [6, 6.07) is 24.4. The van der Waals surface area contributed by atoms with Gasteiger partial charge in [0.15, 0.2) is 0 Å². The number of carbonyl (C=O) groups is 2. The standard InChI is InChI=1S/C26H24N2O4/c1-2-31-26(30)20-11-13-21(14-12-20)27-25(29)17-28-16-15-22-23(28)9-6-10-24(22)32-18-19-7-4-3-5-8-19/h3-16H,2,17-18H2,1H3,(H,27,29). The lowest BCUT2D eigenvalue weighted by molar-refractivity contribution is -0.116. The van der Waals surface area contributed by atoms with Gasteiger partial charge in [-0.3, -0.25) is 4.79 Å². The van der Waals surface area contributed by atoms with Gasteiger partial charge in [-0.15, -0.1) is 0 Å². The fraction of sp³-hybridized carbons (Fsp3) is 0.154. The molecule has 1 heterocycles. The number of nitrogens with zero attached hydrogens (tertiary/aromatic N) is 1. The summed E-state index contributed by atoms with van der Waals surface area (Å²) in [6.45, 7) is 2.72. The number of esters is 1. The van der Waals surface area contributed by atoms with E-state index >= 15 is 0 Å². The summed E-state index contributed by atoms with van der Waals surface area (Å²) in [5.41, 5.74) is 3.08. The Hall–Kier alpha value is -4.06. The van der Waals surface area contributed by atoms with Crippen molar-refractivity contribution in [2.45, 2.75) is 20.1 Å². The first kappa shape index (κ1) is 21.2. The van der Waals surface area contributed by atoms with Crippen LogP contribution in [0, 0.1) is 0 Å². The topological polar surface area (TPSA) is 69.6 Å². The van der Waals surface area contributed by atoms with Crippen molar-refractivity contribution in [1.29, 1.82) is 0 Å². The molecule has 1 N–H and O–H groups in total. The first-order chi connectivity index (χ1) is 15.6. The maximum atomic E-state index is 12.6. The Labute approximate surface area is 186 Å². The van der Waals surface area contributed by atoms with E-state index in [1.807, 2.05) is 65.4 Å². The summed E-state index contributed by atoms with van der Waals surface area (Å²) in [5, 5.41) is 3.81. The Morgan fingerprint density at radius 2 is 1.69 bits per heavy atom. The average molecular weight is 428 g/mol. The summed E-state index contributed by atoms with van der Waals surface area (Å²) in [6.07, 6.45) is 1.88. The van der Waals surface area contributed by atoms with Gasteiger partial charge < -0.3 is 19.4 Å². The predicted molar refractivity (Wildman–Crippen MR) is 124 cm³/mol. The highest BCUT2D eigenvalue weighted by Crippen LogP contribution is 2.27. The van der Waals surface area contributed by atoms with Crippen molar-refractivity contribution in [2.24, 2.45) is 0 Å². The summed E-state index contributed by atoms with van der Waals surface area (Å²) < 4.78 is 12.9. The number of ether oxygens (including phenoxy) is 2. The van der Waals surface area contributed by atoms with E-state index in [4.69, 9.17) is 9.47 Å². The number of fused-ring (bicyclic) bond motifs is 1. The summed E-state index contributed by atoms with van der Waals surface area (Å²) in [5.74, 6) is 0.233. The van der Waals surface area contributed by atoms with Gasteiger partial charge in [0.1, 0.15) is 18.9 Å². The number of rotatable bonds is 8. The van der Waals surface area contributed by atoms with Gasteiger partial charge >= 0.3 is 5.97 Å². The molecule has 0 aliphatic carbocycles. The van der Waals surface area contributed by atoms with E-state index in [2.05, 4.69) is 5.32 Å². The van der Waals surface area contributed by atoms with Crippen molar-refractivity contribution < 1.29 is 19.1 Å². The molecule has 0 aliphatic heterocycles. The van der Waals surface area contributed by atoms with E-state index in [9.17, 15) is 9.59 Å². The van der Waals surface area contributed by atoms with E-state index in [0.29, 0.717) is 24.5 Å². The highest BCUT2D eigenvalue weighted by atomic mass is 16.5. The molecular formula is C26H24N2O4. The van der Waals surface area contributed by atoms with Gasteiger partial charge in [-0.05, 0) is 55.0 Å². The van der Waals surface area contributed by atoms with Crippen LogP contribution in [-0.2, 0) is 22.7 Å². The molecule has 1 amide bonds. The van der Waals surface area contributed by atoms with Crippen LogP contribution >= 0.6 is 0 Å². The van der Waals surface area contributed by atoms with E-state index in [-0.39, 0.29) is 18.4 Å². The first-order valence-corrected chi connectivity index (χ1v) is 10.5. The lowest BCUT2D eigenvalue weighted by atomic mass is 10.2. The Morgan fingerprint density at radius 3 is 2.44 bits per heavy atom. The van der Waals surface area contributed by atoms with Crippen molar-refractivity contribution in [2.75, 3.05) is 11.9 Å². The van der Waals surface area contributed by atoms with Crippen LogP contribution < -0.4 is 10.1 Å². The van der Waals surface area contributed by atoms with E-state index < -0.39 is 0 Å². The molecule has 0 fully saturated rings. The molecule has 0 saturated carbocycles. The van der Waals surface area contributed by atoms with Crippen LogP contribution in [0.4, 0.5) is 5.69 Å². The average Bonchev–Trinajstić information content (AvgIpc) is 3.22. The number of hydrogen-bond acceptors (Lipinski definition) is 4. The second kappa shape index (κ2) is 9.83. The SMILES string of the molecule is CCOC(=O)c1ccc(NC(=O)Cn2ccc3c(OCc4ccccc4)cccc32)cc1. The second-order valence-electron chi connectivity index (χ2n) is 7.25. The van der Waals surface area contributed by atoms with Gasteiger partial charge in [-0.25, -0.2) is 4.79 Å². The fourth-order valence-corrected chi connectivity index (χ4v) is 3.45. The van der Waals surface area contributed by atoms with Crippen molar-refractivity contribution in [3.8, 4) is 5.75 Å². The van der Waals surface area contributed by atoms with Gasteiger partial charge in [0, 0.05) is 17.3 Å². The molecule has 0 radical (unpaired) electrons. The van der Waals surface area contributed by atoms with Gasteiger partial charge in [-0.2, -0.15) is 0 Å². The van der Waals surface area contributed by atoms with Crippen molar-refractivity contribution in [3.63, 3.8) is 0 Å². The Morgan fingerprint density at radius 1 is 0.906 bits per heavy atom. The molecule has 0 saturated heterocycles. The highest BCUT2D eigenvalue weighted by Gasteiger charge is 2.11. The maximum Gasteiger partial charge on any atom is 0.338 e. The zero-order chi connectivity index (χ0) is 22.3. The molecule has 6 nitrogen and oxygen atoms in total. The van der Waals surface area contributed by atoms with E-state index in [1.54, 1.807) is 31.2 Å². The molecule has 0 unspecified atom stereocenters. The van der Waals surface area contributed by atoms with Crippen LogP contribution in [-0.4, -0.2) is 23.1 Å². The highest BCUT2D eigenvalue weighted by molar-refractivity contribution is 5.94. The fourth-order valence-electron chi connectivity index (χ4n) is 3.45. The molecule has 32 heavy (non-hydrogen) atoms. The van der Waals surface area contributed by atoms with Gasteiger partial charge in [0.25, 0.3) is 0 Å². The smallest absolute Gasteiger partial charge is 0.338 e. The third kappa shape index (κ3) is 4.98. The normalized spacial score (nSPS) is 10.7. The number of nitrogens with one attached hydrogen (secondary N) is 1. The number of anilines is 1. The van der Waals surface area contributed by atoms with Crippen LogP contribution in [0.5, 0.6) is 5.75 Å². The zero-order valence-electron chi connectivity index (χ0n) is 17.8. The molecule has 3 aromatic carbocycles. The molecule has 0 bridgehead atoms. The minimum absolute atomic E-state index is 0.158. The van der Waals surface area contributed by atoms with Crippen LogP contribution in [0.15, 0.2) is 85.1 Å². The number of hydrogen-bond donors (Lipinski definition) is 1. The molecule has 0 aliphatic rings. The van der Waals surface area contributed by atoms with Gasteiger partial charge in [0.05, 0.1) is 17.7 Å². The van der Waals surface area contributed by atoms with Gasteiger partial charge in [-0.1, -0.05) is 36.4 Å². The van der Waals surface area contributed by atoms with Crippen molar-refractivity contribution in [3.05, 3.63) is 96.2 Å². The van der Waals surface area contributed by atoms with E-state index in [0.717, 1.165) is 22.2 Å². The lowest BCUT2D eigenvalue weighted by Gasteiger charge is -2.10. The second-order valence-corrected chi connectivity index (χ2v) is 7.25. The third-order valence-electron chi connectivity index (χ3n) is 5.00. The molecule has 4 rings (SSSR count). The molecule has 1 aromatic heterocycles. The molecule has 0 spiro atoms. The van der Waals surface area contributed by atoms with Crippen molar-refractivity contribution in [1.82, 2.24) is 4.57 Å². The van der Waals surface area contributed by atoms with Crippen LogP contribution in [0.2, 0.25) is 0 Å². The molecule has 6 heteroatoms. The predicted octanol–water partition coefficient (Wildman–Crippen LogP) is 5.04. The van der Waals surface area contributed by atoms with Crippen LogP contribution in [0.25, 0.3) is 10.9 Å². The largest absolute Gasteiger partial charge is 0.488 e. The Balaban J connectivity index is 1.42. The Kier molecular flexibility index (Phi) is 6.51. The van der Waals surface area contributed by atoms with Crippen molar-refractivity contribution >= 4 is 28.5 Å². The molecule has 4 aromatic rings. The molecule has 162 valence electrons. The summed E-state index contributed by atoms with van der Waals surface area (Å²) in [4.78, 5) is 24.3. The third-order valence-corrected chi connectivity index (χ3v) is 5.00. The molecule has 0 atom stereocenters. The minimum atomic E-state index is -0.380.